The van der Waals surface area contributed by atoms with Gasteiger partial charge in [-0.25, -0.2) is 23.1 Å². The third kappa shape index (κ3) is 5.97. The van der Waals surface area contributed by atoms with Crippen LogP contribution in [0.5, 0.6) is 0 Å². The molecule has 2 rings (SSSR count). The van der Waals surface area contributed by atoms with Crippen LogP contribution in [-0.2, 0) is 20.2 Å². The molecule has 0 fully saturated rings. The summed E-state index contributed by atoms with van der Waals surface area (Å²) in [5, 5.41) is 2.69. The van der Waals surface area contributed by atoms with Gasteiger partial charge in [-0.2, -0.15) is 0 Å². The Kier molecular flexibility index (Phi) is 6.45. The molecule has 2 N–H and O–H groups in total. The van der Waals surface area contributed by atoms with E-state index >= 15 is 0 Å². The van der Waals surface area contributed by atoms with Crippen LogP contribution in [0.1, 0.15) is 39.1 Å². The zero-order valence-corrected chi connectivity index (χ0v) is 16.7. The van der Waals surface area contributed by atoms with Crippen molar-refractivity contribution in [1.82, 2.24) is 14.7 Å². The Morgan fingerprint density at radius 2 is 1.70 bits per heavy atom. The Morgan fingerprint density at radius 1 is 1.11 bits per heavy atom. The summed E-state index contributed by atoms with van der Waals surface area (Å²) in [6.45, 7) is 8.08. The van der Waals surface area contributed by atoms with Crippen molar-refractivity contribution in [1.29, 1.82) is 0 Å². The highest BCUT2D eigenvalue weighted by atomic mass is 32.2. The number of nitrogens with zero attached hydrogens (tertiary/aromatic N) is 2. The van der Waals surface area contributed by atoms with Gasteiger partial charge in [0, 0.05) is 18.0 Å². The molecule has 2 aromatic rings. The molecule has 0 saturated heterocycles. The lowest BCUT2D eigenvalue weighted by molar-refractivity contribution is -0.111. The highest BCUT2D eigenvalue weighted by molar-refractivity contribution is 7.89. The van der Waals surface area contributed by atoms with Gasteiger partial charge in [-0.05, 0) is 23.8 Å². The molecule has 7 nitrogen and oxygen atoms in total. The smallest absolute Gasteiger partial charge is 0.248 e. The molecule has 0 saturated carbocycles. The molecule has 0 aliphatic carbocycles. The molecule has 0 bridgehead atoms. The van der Waals surface area contributed by atoms with Crippen LogP contribution in [0.15, 0.2) is 47.6 Å². The van der Waals surface area contributed by atoms with E-state index in [-0.39, 0.29) is 16.2 Å². The molecule has 0 unspecified atom stereocenters. The lowest BCUT2D eigenvalue weighted by atomic mass is 9.96. The van der Waals surface area contributed by atoms with Gasteiger partial charge in [0.25, 0.3) is 0 Å². The van der Waals surface area contributed by atoms with Crippen molar-refractivity contribution in [3.63, 3.8) is 0 Å². The van der Waals surface area contributed by atoms with Crippen LogP contribution in [0.4, 0.5) is 5.69 Å². The number of anilines is 1. The van der Waals surface area contributed by atoms with Crippen molar-refractivity contribution < 1.29 is 13.2 Å². The number of benzene rings is 1. The third-order valence-electron chi connectivity index (χ3n) is 3.54. The molecule has 0 aliphatic rings. The highest BCUT2D eigenvalue weighted by Gasteiger charge is 2.16. The van der Waals surface area contributed by atoms with E-state index in [4.69, 9.17) is 0 Å². The second-order valence-electron chi connectivity index (χ2n) is 6.94. The fourth-order valence-electron chi connectivity index (χ4n) is 2.17. The fraction of sp³-hybridized carbons (Fsp3) is 0.316. The van der Waals surface area contributed by atoms with E-state index < -0.39 is 10.0 Å². The number of carbonyl (C=O) groups is 1. The molecule has 0 radical (unpaired) electrons. The van der Waals surface area contributed by atoms with Crippen LogP contribution in [0.2, 0.25) is 0 Å². The minimum atomic E-state index is -3.48. The van der Waals surface area contributed by atoms with Gasteiger partial charge in [0.1, 0.15) is 5.82 Å². The van der Waals surface area contributed by atoms with Crippen LogP contribution in [0.25, 0.3) is 6.08 Å². The molecule has 27 heavy (non-hydrogen) atoms. The second kappa shape index (κ2) is 8.41. The van der Waals surface area contributed by atoms with Crippen LogP contribution < -0.4 is 10.0 Å². The topological polar surface area (TPSA) is 101 Å². The summed E-state index contributed by atoms with van der Waals surface area (Å²) in [7, 11) is -3.48. The van der Waals surface area contributed by atoms with Gasteiger partial charge in [0.2, 0.25) is 15.9 Å². The van der Waals surface area contributed by atoms with Crippen LogP contribution in [0.3, 0.4) is 0 Å². The summed E-state index contributed by atoms with van der Waals surface area (Å²) in [6.07, 6.45) is 6.11. The van der Waals surface area contributed by atoms with Gasteiger partial charge in [-0.3, -0.25) is 4.79 Å². The summed E-state index contributed by atoms with van der Waals surface area (Å²) >= 11 is 0. The number of sulfonamides is 1. The quantitative estimate of drug-likeness (QED) is 0.741. The molecule has 0 spiro atoms. The fourth-order valence-corrected chi connectivity index (χ4v) is 3.21. The van der Waals surface area contributed by atoms with Gasteiger partial charge in [0.15, 0.2) is 0 Å². The van der Waals surface area contributed by atoms with Crippen molar-refractivity contribution in [2.24, 2.45) is 0 Å². The van der Waals surface area contributed by atoms with Crippen molar-refractivity contribution in [2.75, 3.05) is 11.9 Å². The zero-order valence-electron chi connectivity index (χ0n) is 15.9. The van der Waals surface area contributed by atoms with Crippen molar-refractivity contribution in [2.45, 2.75) is 38.0 Å². The standard InChI is InChI=1S/C19H24N4O3S/c1-5-22-27(25,26)16-9-6-14(7-10-16)8-11-17(24)23-15-12-20-18(21-13-15)19(2,3)4/h6-13,22H,5H2,1-4H3,(H,23,24)/b11-8+. The highest BCUT2D eigenvalue weighted by Crippen LogP contribution is 2.18. The van der Waals surface area contributed by atoms with Gasteiger partial charge in [-0.15, -0.1) is 0 Å². The number of nitrogens with one attached hydrogen (secondary N) is 2. The predicted molar refractivity (Wildman–Crippen MR) is 106 cm³/mol. The first-order valence-electron chi connectivity index (χ1n) is 8.53. The number of hydrogen-bond donors (Lipinski definition) is 2. The molecule has 144 valence electrons. The van der Waals surface area contributed by atoms with Crippen LogP contribution >= 0.6 is 0 Å². The monoisotopic (exact) mass is 388 g/mol. The average molecular weight is 388 g/mol. The minimum absolute atomic E-state index is 0.158. The number of amides is 1. The number of hydrogen-bond acceptors (Lipinski definition) is 5. The third-order valence-corrected chi connectivity index (χ3v) is 5.10. The van der Waals surface area contributed by atoms with Gasteiger partial charge in [0.05, 0.1) is 23.0 Å². The van der Waals surface area contributed by atoms with Crippen LogP contribution in [0, 0.1) is 0 Å². The zero-order chi connectivity index (χ0) is 20.1. The largest absolute Gasteiger partial charge is 0.320 e. The Balaban J connectivity index is 2.00. The van der Waals surface area contributed by atoms with Gasteiger partial charge in [-0.1, -0.05) is 39.8 Å². The maximum Gasteiger partial charge on any atom is 0.248 e. The van der Waals surface area contributed by atoms with Crippen LogP contribution in [-0.4, -0.2) is 30.8 Å². The second-order valence-corrected chi connectivity index (χ2v) is 8.71. The Bertz CT molecular complexity index is 913. The number of aromatic nitrogens is 2. The van der Waals surface area contributed by atoms with E-state index in [1.54, 1.807) is 37.5 Å². The number of rotatable bonds is 6. The molecular formula is C19H24N4O3S. The van der Waals surface area contributed by atoms with Gasteiger partial charge < -0.3 is 5.32 Å². The first-order valence-corrected chi connectivity index (χ1v) is 10.0. The van der Waals surface area contributed by atoms with Crippen molar-refractivity contribution in [3.05, 3.63) is 54.1 Å². The summed E-state index contributed by atoms with van der Waals surface area (Å²) < 4.78 is 26.2. The number of carbonyl (C=O) groups excluding carboxylic acids is 1. The first-order chi connectivity index (χ1) is 12.6. The average Bonchev–Trinajstić information content (AvgIpc) is 2.60. The molecule has 1 aromatic heterocycles. The van der Waals surface area contributed by atoms with E-state index in [2.05, 4.69) is 20.0 Å². The lowest BCUT2D eigenvalue weighted by Gasteiger charge is -2.15. The molecule has 8 heteroatoms. The van der Waals surface area contributed by atoms with E-state index in [9.17, 15) is 13.2 Å². The summed E-state index contributed by atoms with van der Waals surface area (Å²) in [5.74, 6) is 0.370. The Labute approximate surface area is 160 Å². The normalized spacial score (nSPS) is 12.3. The van der Waals surface area contributed by atoms with E-state index in [0.717, 1.165) is 0 Å². The molecule has 1 aromatic carbocycles. The van der Waals surface area contributed by atoms with E-state index in [0.29, 0.717) is 23.6 Å². The molecule has 1 heterocycles. The lowest BCUT2D eigenvalue weighted by Crippen LogP contribution is -2.22. The first kappa shape index (κ1) is 20.7. The van der Waals surface area contributed by atoms with Crippen molar-refractivity contribution >= 4 is 27.7 Å². The molecule has 0 atom stereocenters. The summed E-state index contributed by atoms with van der Waals surface area (Å²) in [5.41, 5.74) is 1.05. The Hall–Kier alpha value is -2.58. The molecule has 0 aliphatic heterocycles. The summed E-state index contributed by atoms with van der Waals surface area (Å²) in [4.78, 5) is 20.7. The maximum atomic E-state index is 12.0. The summed E-state index contributed by atoms with van der Waals surface area (Å²) in [6, 6.07) is 6.26. The van der Waals surface area contributed by atoms with E-state index in [1.165, 1.54) is 18.2 Å². The predicted octanol–water partition coefficient (Wildman–Crippen LogP) is 2.72. The SMILES string of the molecule is CCNS(=O)(=O)c1ccc(/C=C/C(=O)Nc2cnc(C(C)(C)C)nc2)cc1. The van der Waals surface area contributed by atoms with Gasteiger partial charge >= 0.3 is 0 Å². The molecular weight excluding hydrogens is 364 g/mol. The van der Waals surface area contributed by atoms with E-state index in [1.807, 2.05) is 20.8 Å². The minimum Gasteiger partial charge on any atom is -0.320 e. The van der Waals surface area contributed by atoms with Crippen molar-refractivity contribution in [3.8, 4) is 0 Å². The maximum absolute atomic E-state index is 12.0. The molecule has 1 amide bonds. The Morgan fingerprint density at radius 3 is 2.22 bits per heavy atom.